The van der Waals surface area contributed by atoms with Gasteiger partial charge in [0.1, 0.15) is 5.75 Å². The maximum absolute atomic E-state index is 11.1. The van der Waals surface area contributed by atoms with Crippen molar-refractivity contribution >= 4 is 5.97 Å². The fourth-order valence-electron chi connectivity index (χ4n) is 3.25. The molecule has 4 nitrogen and oxygen atoms in total. The van der Waals surface area contributed by atoms with E-state index in [0.29, 0.717) is 25.0 Å². The third-order valence-corrected chi connectivity index (χ3v) is 4.63. The highest BCUT2D eigenvalue weighted by Crippen LogP contribution is 2.45. The van der Waals surface area contributed by atoms with Crippen molar-refractivity contribution in [2.45, 2.75) is 51.4 Å². The van der Waals surface area contributed by atoms with Crippen LogP contribution in [0.3, 0.4) is 0 Å². The van der Waals surface area contributed by atoms with E-state index >= 15 is 0 Å². The number of ether oxygens (including phenoxy) is 1. The molecule has 0 saturated heterocycles. The summed E-state index contributed by atoms with van der Waals surface area (Å²) in [5.41, 5.74) is 6.76. The number of carboxylic acids is 1. The van der Waals surface area contributed by atoms with E-state index in [1.165, 1.54) is 0 Å². The van der Waals surface area contributed by atoms with Gasteiger partial charge in [-0.1, -0.05) is 25.5 Å². The number of nitrogens with two attached hydrogens (primary N) is 1. The molecule has 2 atom stereocenters. The Morgan fingerprint density at radius 1 is 1.39 bits per heavy atom. The van der Waals surface area contributed by atoms with E-state index in [1.54, 1.807) is 0 Å². The predicted molar refractivity (Wildman–Crippen MR) is 91.7 cm³/mol. The van der Waals surface area contributed by atoms with Crippen LogP contribution in [-0.2, 0) is 4.79 Å². The Kier molecular flexibility index (Phi) is 6.90. The zero-order chi connectivity index (χ0) is 16.7. The van der Waals surface area contributed by atoms with Crippen LogP contribution in [0.2, 0.25) is 0 Å². The van der Waals surface area contributed by atoms with Gasteiger partial charge in [-0.15, -0.1) is 0 Å². The molecule has 4 heteroatoms. The molecule has 128 valence electrons. The molecule has 1 aliphatic carbocycles. The molecule has 1 aromatic rings. The van der Waals surface area contributed by atoms with Crippen LogP contribution in [0.5, 0.6) is 5.75 Å². The summed E-state index contributed by atoms with van der Waals surface area (Å²) < 4.78 is 5.97. The van der Waals surface area contributed by atoms with E-state index in [4.69, 9.17) is 15.6 Å². The third-order valence-electron chi connectivity index (χ3n) is 4.63. The summed E-state index contributed by atoms with van der Waals surface area (Å²) in [6, 6.07) is 7.99. The van der Waals surface area contributed by atoms with Gasteiger partial charge >= 0.3 is 5.97 Å². The Bertz CT molecular complexity index is 493. The van der Waals surface area contributed by atoms with Gasteiger partial charge in [0.05, 0.1) is 13.0 Å². The van der Waals surface area contributed by atoms with Crippen LogP contribution in [-0.4, -0.2) is 24.2 Å². The fourth-order valence-corrected chi connectivity index (χ4v) is 3.25. The van der Waals surface area contributed by atoms with Crippen LogP contribution in [0.4, 0.5) is 0 Å². The largest absolute Gasteiger partial charge is 0.493 e. The summed E-state index contributed by atoms with van der Waals surface area (Å²) in [5.74, 6) is 1.25. The Morgan fingerprint density at radius 2 is 2.17 bits per heavy atom. The van der Waals surface area contributed by atoms with E-state index in [-0.39, 0.29) is 12.3 Å². The molecule has 0 amide bonds. The zero-order valence-electron chi connectivity index (χ0n) is 14.0. The van der Waals surface area contributed by atoms with Gasteiger partial charge in [0.25, 0.3) is 0 Å². The van der Waals surface area contributed by atoms with Crippen molar-refractivity contribution in [2.24, 2.45) is 17.6 Å². The van der Waals surface area contributed by atoms with Crippen LogP contribution < -0.4 is 10.5 Å². The molecular weight excluding hydrogens is 290 g/mol. The highest BCUT2D eigenvalue weighted by molar-refractivity contribution is 5.68. The Morgan fingerprint density at radius 3 is 2.78 bits per heavy atom. The normalized spacial score (nSPS) is 16.8. The SMILES string of the molecule is CCCC(CCN)COc1cccc(C(CC(=O)O)C2CC2)c1. The first-order chi connectivity index (χ1) is 11.1. The topological polar surface area (TPSA) is 72.5 Å². The Hall–Kier alpha value is -1.55. The molecule has 0 aliphatic heterocycles. The van der Waals surface area contributed by atoms with Crippen LogP contribution in [0.25, 0.3) is 0 Å². The van der Waals surface area contributed by atoms with Gasteiger partial charge in [-0.2, -0.15) is 0 Å². The average molecular weight is 319 g/mol. The molecule has 0 bridgehead atoms. The maximum Gasteiger partial charge on any atom is 0.303 e. The summed E-state index contributed by atoms with van der Waals surface area (Å²) in [6.07, 6.45) is 5.73. The van der Waals surface area contributed by atoms with E-state index in [9.17, 15) is 4.79 Å². The molecular formula is C19H29NO3. The molecule has 23 heavy (non-hydrogen) atoms. The second kappa shape index (κ2) is 8.92. The van der Waals surface area contributed by atoms with E-state index in [0.717, 1.165) is 43.4 Å². The molecule has 0 radical (unpaired) electrons. The van der Waals surface area contributed by atoms with Crippen molar-refractivity contribution < 1.29 is 14.6 Å². The number of carboxylic acid groups (broad SMARTS) is 1. The van der Waals surface area contributed by atoms with Gasteiger partial charge in [-0.25, -0.2) is 0 Å². The monoisotopic (exact) mass is 319 g/mol. The molecule has 0 heterocycles. The summed E-state index contributed by atoms with van der Waals surface area (Å²) >= 11 is 0. The van der Waals surface area contributed by atoms with E-state index in [1.807, 2.05) is 24.3 Å². The maximum atomic E-state index is 11.1. The van der Waals surface area contributed by atoms with Crippen molar-refractivity contribution in [3.05, 3.63) is 29.8 Å². The molecule has 1 aromatic carbocycles. The second-order valence-electron chi connectivity index (χ2n) is 6.66. The van der Waals surface area contributed by atoms with Gasteiger partial charge in [0.15, 0.2) is 0 Å². The summed E-state index contributed by atoms with van der Waals surface area (Å²) in [6.45, 7) is 3.55. The molecule has 0 spiro atoms. The molecule has 3 N–H and O–H groups in total. The van der Waals surface area contributed by atoms with Gasteiger partial charge in [0.2, 0.25) is 0 Å². The summed E-state index contributed by atoms with van der Waals surface area (Å²) in [5, 5.41) is 9.14. The molecule has 1 fully saturated rings. The van der Waals surface area contributed by atoms with Gasteiger partial charge in [0, 0.05) is 0 Å². The van der Waals surface area contributed by atoms with Gasteiger partial charge in [-0.3, -0.25) is 4.79 Å². The predicted octanol–water partition coefficient (Wildman–Crippen LogP) is 3.80. The number of hydrogen-bond acceptors (Lipinski definition) is 3. The molecule has 2 unspecified atom stereocenters. The number of rotatable bonds is 11. The third kappa shape index (κ3) is 5.87. The van der Waals surface area contributed by atoms with Crippen molar-refractivity contribution in [1.29, 1.82) is 0 Å². The average Bonchev–Trinajstić information content (AvgIpc) is 3.35. The minimum Gasteiger partial charge on any atom is -0.493 e. The Labute approximate surface area is 139 Å². The molecule has 0 aromatic heterocycles. The quantitative estimate of drug-likeness (QED) is 0.651. The number of carbonyl (C=O) groups is 1. The van der Waals surface area contributed by atoms with Crippen LogP contribution in [0.1, 0.15) is 56.9 Å². The summed E-state index contributed by atoms with van der Waals surface area (Å²) in [7, 11) is 0. The minimum absolute atomic E-state index is 0.117. The first kappa shape index (κ1) is 17.8. The first-order valence-corrected chi connectivity index (χ1v) is 8.78. The number of hydrogen-bond donors (Lipinski definition) is 2. The van der Waals surface area contributed by atoms with Crippen LogP contribution in [0.15, 0.2) is 24.3 Å². The highest BCUT2D eigenvalue weighted by Gasteiger charge is 2.33. The van der Waals surface area contributed by atoms with Crippen LogP contribution >= 0.6 is 0 Å². The van der Waals surface area contributed by atoms with Gasteiger partial charge < -0.3 is 15.6 Å². The fraction of sp³-hybridized carbons (Fsp3) is 0.632. The lowest BCUT2D eigenvalue weighted by atomic mass is 9.91. The van der Waals surface area contributed by atoms with Crippen molar-refractivity contribution in [2.75, 3.05) is 13.2 Å². The first-order valence-electron chi connectivity index (χ1n) is 8.78. The second-order valence-corrected chi connectivity index (χ2v) is 6.66. The van der Waals surface area contributed by atoms with Crippen molar-refractivity contribution in [1.82, 2.24) is 0 Å². The smallest absolute Gasteiger partial charge is 0.303 e. The lowest BCUT2D eigenvalue weighted by molar-refractivity contribution is -0.137. The van der Waals surface area contributed by atoms with Crippen molar-refractivity contribution in [3.8, 4) is 5.75 Å². The number of benzene rings is 1. The van der Waals surface area contributed by atoms with Gasteiger partial charge in [-0.05, 0) is 67.7 Å². The minimum atomic E-state index is -0.723. The van der Waals surface area contributed by atoms with Crippen LogP contribution in [0, 0.1) is 11.8 Å². The molecule has 1 aliphatic rings. The zero-order valence-corrected chi connectivity index (χ0v) is 14.0. The van der Waals surface area contributed by atoms with E-state index < -0.39 is 5.97 Å². The van der Waals surface area contributed by atoms with Crippen molar-refractivity contribution in [3.63, 3.8) is 0 Å². The molecule has 2 rings (SSSR count). The lowest BCUT2D eigenvalue weighted by Crippen LogP contribution is -2.16. The lowest BCUT2D eigenvalue weighted by Gasteiger charge is -2.18. The Balaban J connectivity index is 1.99. The standard InChI is InChI=1S/C19H29NO3/c1-2-4-14(9-10-20)13-23-17-6-3-5-16(11-17)18(12-19(21)22)15-7-8-15/h3,5-6,11,14-15,18H,2,4,7-10,12-13,20H2,1H3,(H,21,22). The molecule has 1 saturated carbocycles. The summed E-state index contributed by atoms with van der Waals surface area (Å²) in [4.78, 5) is 11.1. The highest BCUT2D eigenvalue weighted by atomic mass is 16.5. The number of aliphatic carboxylic acids is 1. The van der Waals surface area contributed by atoms with E-state index in [2.05, 4.69) is 6.92 Å².